The van der Waals surface area contributed by atoms with E-state index in [1.165, 1.54) is 6.07 Å². The molecule has 2 nitrogen and oxygen atoms in total. The summed E-state index contributed by atoms with van der Waals surface area (Å²) in [5.74, 6) is -1.25. The highest BCUT2D eigenvalue weighted by Crippen LogP contribution is 2.32. The van der Waals surface area contributed by atoms with Gasteiger partial charge >= 0.3 is 6.18 Å². The van der Waals surface area contributed by atoms with Gasteiger partial charge in [-0.05, 0) is 37.6 Å². The van der Waals surface area contributed by atoms with E-state index in [1.54, 1.807) is 0 Å². The van der Waals surface area contributed by atoms with E-state index in [-0.39, 0.29) is 6.04 Å². The predicted molar refractivity (Wildman–Crippen MR) is 68.9 cm³/mol. The molecule has 0 fully saturated rings. The first kappa shape index (κ1) is 16.9. The first-order valence-corrected chi connectivity index (χ1v) is 6.57. The van der Waals surface area contributed by atoms with Crippen molar-refractivity contribution in [2.24, 2.45) is 0 Å². The Morgan fingerprint density at radius 2 is 1.95 bits per heavy atom. The summed E-state index contributed by atoms with van der Waals surface area (Å²) >= 11 is 0. The molecule has 0 aliphatic carbocycles. The Balaban J connectivity index is 2.93. The summed E-state index contributed by atoms with van der Waals surface area (Å²) in [5.41, 5.74) is -0.788. The molecular weight excluding hydrogens is 274 g/mol. The Kier molecular flexibility index (Phi) is 6.42. The summed E-state index contributed by atoms with van der Waals surface area (Å²) in [6.07, 6.45) is -3.80. The van der Waals surface area contributed by atoms with Crippen molar-refractivity contribution >= 4 is 0 Å². The molecule has 1 unspecified atom stereocenters. The summed E-state index contributed by atoms with van der Waals surface area (Å²) in [4.78, 5) is 0. The zero-order valence-corrected chi connectivity index (χ0v) is 11.6. The molecule has 6 heteroatoms. The number of hydrogen-bond donors (Lipinski definition) is 1. The lowest BCUT2D eigenvalue weighted by Crippen LogP contribution is -2.26. The monoisotopic (exact) mass is 293 g/mol. The number of nitrogens with one attached hydrogen (secondary N) is 1. The average Bonchev–Trinajstić information content (AvgIpc) is 2.37. The topological polar surface area (TPSA) is 21.3 Å². The Labute approximate surface area is 116 Å². The predicted octanol–water partition coefficient (Wildman–Crippen LogP) is 3.92. The average molecular weight is 293 g/mol. The normalized spacial score (nSPS) is 13.5. The Hall–Kier alpha value is -1.14. The number of alkyl halides is 3. The fourth-order valence-electron chi connectivity index (χ4n) is 1.81. The number of ether oxygens (including phenoxy) is 1. The third kappa shape index (κ3) is 4.76. The van der Waals surface area contributed by atoms with E-state index in [4.69, 9.17) is 4.74 Å². The zero-order valence-electron chi connectivity index (χ0n) is 11.6. The summed E-state index contributed by atoms with van der Waals surface area (Å²) in [6.45, 7) is 5.26. The summed E-state index contributed by atoms with van der Waals surface area (Å²) in [7, 11) is 0. The highest BCUT2D eigenvalue weighted by Gasteiger charge is 2.34. The van der Waals surface area contributed by atoms with Crippen molar-refractivity contribution in [3.05, 3.63) is 35.1 Å². The molecule has 1 rings (SSSR count). The van der Waals surface area contributed by atoms with Crippen LogP contribution in [0.15, 0.2) is 18.2 Å². The molecule has 0 saturated carbocycles. The van der Waals surface area contributed by atoms with Gasteiger partial charge in [-0.2, -0.15) is 13.2 Å². The molecule has 1 aromatic carbocycles. The first-order valence-electron chi connectivity index (χ1n) is 6.57. The van der Waals surface area contributed by atoms with Gasteiger partial charge in [0.25, 0.3) is 0 Å². The SMILES string of the molecule is CCCNC(COCC)c1ccc(C(F)(F)F)c(F)c1. The smallest absolute Gasteiger partial charge is 0.380 e. The van der Waals surface area contributed by atoms with E-state index in [2.05, 4.69) is 5.32 Å². The van der Waals surface area contributed by atoms with E-state index in [1.807, 2.05) is 13.8 Å². The van der Waals surface area contributed by atoms with Crippen LogP contribution in [0.2, 0.25) is 0 Å². The van der Waals surface area contributed by atoms with Gasteiger partial charge in [-0.1, -0.05) is 13.0 Å². The van der Waals surface area contributed by atoms with Crippen LogP contribution in [0.4, 0.5) is 17.6 Å². The minimum absolute atomic E-state index is 0.293. The molecule has 0 saturated heterocycles. The lowest BCUT2D eigenvalue weighted by molar-refractivity contribution is -0.140. The van der Waals surface area contributed by atoms with Crippen LogP contribution in [-0.4, -0.2) is 19.8 Å². The molecule has 1 aromatic rings. The van der Waals surface area contributed by atoms with Gasteiger partial charge in [0.1, 0.15) is 5.82 Å². The van der Waals surface area contributed by atoms with Gasteiger partial charge < -0.3 is 10.1 Å². The Morgan fingerprint density at radius 1 is 1.25 bits per heavy atom. The van der Waals surface area contributed by atoms with Crippen molar-refractivity contribution < 1.29 is 22.3 Å². The van der Waals surface area contributed by atoms with E-state index in [9.17, 15) is 17.6 Å². The van der Waals surface area contributed by atoms with Crippen molar-refractivity contribution in [3.63, 3.8) is 0 Å². The van der Waals surface area contributed by atoms with Gasteiger partial charge in [-0.3, -0.25) is 0 Å². The molecule has 0 aromatic heterocycles. The van der Waals surface area contributed by atoms with Crippen LogP contribution in [0.25, 0.3) is 0 Å². The third-order valence-electron chi connectivity index (χ3n) is 2.83. The second kappa shape index (κ2) is 7.59. The lowest BCUT2D eigenvalue weighted by atomic mass is 10.0. The van der Waals surface area contributed by atoms with Gasteiger partial charge in [-0.25, -0.2) is 4.39 Å². The third-order valence-corrected chi connectivity index (χ3v) is 2.83. The van der Waals surface area contributed by atoms with Crippen LogP contribution in [0.1, 0.15) is 37.4 Å². The summed E-state index contributed by atoms with van der Waals surface area (Å²) < 4.78 is 56.4. The van der Waals surface area contributed by atoms with Crippen molar-refractivity contribution in [3.8, 4) is 0 Å². The van der Waals surface area contributed by atoms with Crippen molar-refractivity contribution in [2.45, 2.75) is 32.5 Å². The van der Waals surface area contributed by atoms with Gasteiger partial charge in [0, 0.05) is 6.61 Å². The van der Waals surface area contributed by atoms with Crippen LogP contribution < -0.4 is 5.32 Å². The molecule has 0 radical (unpaired) electrons. The van der Waals surface area contributed by atoms with Gasteiger partial charge in [0.15, 0.2) is 0 Å². The van der Waals surface area contributed by atoms with E-state index >= 15 is 0 Å². The molecule has 0 aliphatic heterocycles. The van der Waals surface area contributed by atoms with Crippen molar-refractivity contribution in [1.29, 1.82) is 0 Å². The Bertz CT molecular complexity index is 412. The van der Waals surface area contributed by atoms with Gasteiger partial charge in [0.05, 0.1) is 18.2 Å². The van der Waals surface area contributed by atoms with Crippen LogP contribution in [0, 0.1) is 5.82 Å². The second-order valence-corrected chi connectivity index (χ2v) is 4.40. The standard InChI is InChI=1S/C14H19F4NO/c1-3-7-19-13(9-20-4-2)10-5-6-11(12(15)8-10)14(16,17)18/h5-6,8,13,19H,3-4,7,9H2,1-2H3. The molecule has 20 heavy (non-hydrogen) atoms. The number of benzene rings is 1. The molecule has 1 N–H and O–H groups in total. The minimum Gasteiger partial charge on any atom is -0.380 e. The van der Waals surface area contributed by atoms with Crippen molar-refractivity contribution in [1.82, 2.24) is 5.32 Å². The fourth-order valence-corrected chi connectivity index (χ4v) is 1.81. The molecule has 0 aliphatic rings. The minimum atomic E-state index is -4.67. The van der Waals surface area contributed by atoms with Crippen LogP contribution in [0.5, 0.6) is 0 Å². The van der Waals surface area contributed by atoms with Crippen LogP contribution in [0.3, 0.4) is 0 Å². The van der Waals surface area contributed by atoms with E-state index in [0.29, 0.717) is 25.3 Å². The second-order valence-electron chi connectivity index (χ2n) is 4.40. The molecule has 114 valence electrons. The summed E-state index contributed by atoms with van der Waals surface area (Å²) in [5, 5.41) is 3.13. The maximum Gasteiger partial charge on any atom is 0.419 e. The highest BCUT2D eigenvalue weighted by atomic mass is 19.4. The first-order chi connectivity index (χ1) is 9.40. The molecule has 0 amide bonds. The molecular formula is C14H19F4NO. The van der Waals surface area contributed by atoms with Crippen LogP contribution in [-0.2, 0) is 10.9 Å². The van der Waals surface area contributed by atoms with Crippen LogP contribution >= 0.6 is 0 Å². The molecule has 1 atom stereocenters. The lowest BCUT2D eigenvalue weighted by Gasteiger charge is -2.19. The largest absolute Gasteiger partial charge is 0.419 e. The Morgan fingerprint density at radius 3 is 2.45 bits per heavy atom. The van der Waals surface area contributed by atoms with Crippen molar-refractivity contribution in [2.75, 3.05) is 19.8 Å². The molecule has 0 heterocycles. The van der Waals surface area contributed by atoms with Gasteiger partial charge in [0.2, 0.25) is 0 Å². The molecule has 0 bridgehead atoms. The van der Waals surface area contributed by atoms with E-state index < -0.39 is 17.6 Å². The summed E-state index contributed by atoms with van der Waals surface area (Å²) in [6, 6.07) is 2.68. The van der Waals surface area contributed by atoms with E-state index in [0.717, 1.165) is 18.6 Å². The molecule has 0 spiro atoms. The maximum atomic E-state index is 13.6. The number of hydrogen-bond acceptors (Lipinski definition) is 2. The van der Waals surface area contributed by atoms with Gasteiger partial charge in [-0.15, -0.1) is 0 Å². The fraction of sp³-hybridized carbons (Fsp3) is 0.571. The highest BCUT2D eigenvalue weighted by molar-refractivity contribution is 5.28. The zero-order chi connectivity index (χ0) is 15.2. The quantitative estimate of drug-likeness (QED) is 0.769. The maximum absolute atomic E-state index is 13.6. The number of halogens is 4. The number of rotatable bonds is 7.